The number of carbonyl (C=O) groups excluding carboxylic acids is 2. The van der Waals surface area contributed by atoms with E-state index in [-0.39, 0.29) is 16.8 Å². The molecule has 1 saturated heterocycles. The van der Waals surface area contributed by atoms with Crippen molar-refractivity contribution in [2.24, 2.45) is 11.3 Å². The van der Waals surface area contributed by atoms with Gasteiger partial charge in [0.1, 0.15) is 5.56 Å². The summed E-state index contributed by atoms with van der Waals surface area (Å²) in [6.07, 6.45) is 3.77. The van der Waals surface area contributed by atoms with Crippen LogP contribution in [-0.2, 0) is 6.42 Å². The number of aromatic nitrogens is 1. The number of amides is 1. The lowest BCUT2D eigenvalue weighted by molar-refractivity contribution is 0.0910. The molecule has 7 heteroatoms. The first-order valence-electron chi connectivity index (χ1n) is 12.0. The maximum absolute atomic E-state index is 12.9. The Kier molecular flexibility index (Phi) is 5.60. The molecule has 2 aliphatic carbocycles. The fraction of sp³-hybridized carbons (Fsp3) is 0.500. The molecule has 2 fully saturated rings. The minimum atomic E-state index is -0.497. The van der Waals surface area contributed by atoms with Gasteiger partial charge < -0.3 is 15.2 Å². The highest BCUT2D eigenvalue weighted by Crippen LogP contribution is 2.33. The van der Waals surface area contributed by atoms with Crippen molar-refractivity contribution in [3.05, 3.63) is 57.5 Å². The Bertz CT molecular complexity index is 1140. The number of nitrogens with one attached hydrogen (secondary N) is 2. The Morgan fingerprint density at radius 3 is 2.58 bits per heavy atom. The molecule has 2 aromatic rings. The van der Waals surface area contributed by atoms with Crippen molar-refractivity contribution in [1.82, 2.24) is 9.88 Å². The lowest BCUT2D eigenvalue weighted by atomic mass is 9.75. The highest BCUT2D eigenvalue weighted by atomic mass is 16.2. The molecule has 1 amide bonds. The monoisotopic (exact) mass is 448 g/mol. The average molecular weight is 449 g/mol. The number of benzene rings is 1. The highest BCUT2D eigenvalue weighted by Gasteiger charge is 2.33. The van der Waals surface area contributed by atoms with Gasteiger partial charge in [-0.1, -0.05) is 19.9 Å². The van der Waals surface area contributed by atoms with Crippen LogP contribution in [0.2, 0.25) is 0 Å². The summed E-state index contributed by atoms with van der Waals surface area (Å²) in [5.74, 6) is 0.376. The molecular weight excluding hydrogens is 416 g/mol. The molecule has 33 heavy (non-hydrogen) atoms. The van der Waals surface area contributed by atoms with E-state index in [0.717, 1.165) is 37.8 Å². The molecule has 5 rings (SSSR count). The van der Waals surface area contributed by atoms with Gasteiger partial charge in [0.25, 0.3) is 11.5 Å². The molecule has 0 atom stereocenters. The second-order valence-electron chi connectivity index (χ2n) is 10.6. The number of H-pyrrole nitrogens is 1. The van der Waals surface area contributed by atoms with Crippen molar-refractivity contribution in [2.75, 3.05) is 42.9 Å². The van der Waals surface area contributed by atoms with Gasteiger partial charge in [-0.25, -0.2) is 0 Å². The Labute approximate surface area is 194 Å². The first kappa shape index (κ1) is 21.9. The Morgan fingerprint density at radius 1 is 1.09 bits per heavy atom. The Morgan fingerprint density at radius 2 is 1.85 bits per heavy atom. The van der Waals surface area contributed by atoms with Gasteiger partial charge >= 0.3 is 0 Å². The molecule has 1 aromatic carbocycles. The normalized spacial score (nSPS) is 20.4. The van der Waals surface area contributed by atoms with E-state index in [1.807, 2.05) is 32.0 Å². The third kappa shape index (κ3) is 4.88. The van der Waals surface area contributed by atoms with E-state index in [9.17, 15) is 14.4 Å². The smallest absolute Gasteiger partial charge is 0.261 e. The van der Waals surface area contributed by atoms with Crippen LogP contribution in [0, 0.1) is 11.3 Å². The summed E-state index contributed by atoms with van der Waals surface area (Å²) in [4.78, 5) is 45.8. The van der Waals surface area contributed by atoms with Crippen molar-refractivity contribution >= 4 is 23.1 Å². The molecule has 2 N–H and O–H groups in total. The second kappa shape index (κ2) is 8.45. The fourth-order valence-corrected chi connectivity index (χ4v) is 5.03. The summed E-state index contributed by atoms with van der Waals surface area (Å²) in [5, 5.41) is 2.85. The van der Waals surface area contributed by atoms with Gasteiger partial charge in [0, 0.05) is 61.8 Å². The van der Waals surface area contributed by atoms with Crippen LogP contribution < -0.4 is 15.8 Å². The zero-order valence-electron chi connectivity index (χ0n) is 19.4. The van der Waals surface area contributed by atoms with Gasteiger partial charge in [-0.15, -0.1) is 0 Å². The molecule has 7 nitrogen and oxygen atoms in total. The van der Waals surface area contributed by atoms with Crippen molar-refractivity contribution in [2.45, 2.75) is 39.5 Å². The number of nitrogens with zero attached hydrogens (tertiary/aromatic N) is 2. The molecule has 0 bridgehead atoms. The maximum Gasteiger partial charge on any atom is 0.261 e. The van der Waals surface area contributed by atoms with Crippen LogP contribution in [0.25, 0.3) is 0 Å². The third-order valence-electron chi connectivity index (χ3n) is 7.02. The molecule has 0 spiro atoms. The number of hydrogen-bond donors (Lipinski definition) is 2. The van der Waals surface area contributed by atoms with Crippen LogP contribution >= 0.6 is 0 Å². The van der Waals surface area contributed by atoms with Crippen molar-refractivity contribution in [3.63, 3.8) is 0 Å². The first-order valence-corrected chi connectivity index (χ1v) is 12.0. The number of Topliss-reactive ketones (excluding diaryl/α,β-unsaturated/α-hetero) is 1. The van der Waals surface area contributed by atoms with E-state index < -0.39 is 11.5 Å². The number of fused-ring (bicyclic) bond motifs is 1. The zero-order chi connectivity index (χ0) is 23.2. The fourth-order valence-electron chi connectivity index (χ4n) is 5.03. The summed E-state index contributed by atoms with van der Waals surface area (Å²) in [5.41, 5.74) is 2.11. The van der Waals surface area contributed by atoms with E-state index in [4.69, 9.17) is 0 Å². The van der Waals surface area contributed by atoms with Gasteiger partial charge in [-0.2, -0.15) is 0 Å². The molecular formula is C26H32N4O3. The van der Waals surface area contributed by atoms with Crippen molar-refractivity contribution in [3.8, 4) is 0 Å². The van der Waals surface area contributed by atoms with E-state index in [0.29, 0.717) is 29.8 Å². The molecule has 0 unspecified atom stereocenters. The summed E-state index contributed by atoms with van der Waals surface area (Å²) < 4.78 is 0. The predicted octanol–water partition coefficient (Wildman–Crippen LogP) is 3.31. The number of anilines is 2. The summed E-state index contributed by atoms with van der Waals surface area (Å²) in [6.45, 7) is 9.28. The number of pyridine rings is 1. The van der Waals surface area contributed by atoms with Crippen LogP contribution in [0.15, 0.2) is 35.1 Å². The van der Waals surface area contributed by atoms with Crippen LogP contribution in [0.4, 0.5) is 11.4 Å². The topological polar surface area (TPSA) is 85.5 Å². The van der Waals surface area contributed by atoms with Gasteiger partial charge in [0.2, 0.25) is 0 Å². The predicted molar refractivity (Wildman–Crippen MR) is 129 cm³/mol. The van der Waals surface area contributed by atoms with E-state index in [1.165, 1.54) is 25.5 Å². The molecule has 1 saturated carbocycles. The van der Waals surface area contributed by atoms with Crippen molar-refractivity contribution < 1.29 is 9.59 Å². The highest BCUT2D eigenvalue weighted by molar-refractivity contribution is 6.07. The van der Waals surface area contributed by atoms with E-state index in [2.05, 4.69) is 26.2 Å². The van der Waals surface area contributed by atoms with Gasteiger partial charge in [-0.05, 0) is 54.9 Å². The molecule has 1 aliphatic heterocycles. The zero-order valence-corrected chi connectivity index (χ0v) is 19.4. The second-order valence-corrected chi connectivity index (χ2v) is 10.6. The average Bonchev–Trinajstić information content (AvgIpc) is 3.57. The number of hydrogen-bond acceptors (Lipinski definition) is 5. The first-order chi connectivity index (χ1) is 15.8. The number of carbonyl (C=O) groups is 2. The summed E-state index contributed by atoms with van der Waals surface area (Å²) in [6, 6.07) is 9.21. The molecule has 2 heterocycles. The van der Waals surface area contributed by atoms with Gasteiger partial charge in [-0.3, -0.25) is 19.3 Å². The summed E-state index contributed by atoms with van der Waals surface area (Å²) >= 11 is 0. The quantitative estimate of drug-likeness (QED) is 0.733. The lowest BCUT2D eigenvalue weighted by Gasteiger charge is -2.36. The molecule has 3 aliphatic rings. The van der Waals surface area contributed by atoms with Gasteiger partial charge in [0.05, 0.1) is 0 Å². The van der Waals surface area contributed by atoms with E-state index in [1.54, 1.807) is 0 Å². The molecule has 1 aromatic heterocycles. The minimum absolute atomic E-state index is 0.0269. The third-order valence-corrected chi connectivity index (χ3v) is 7.02. The van der Waals surface area contributed by atoms with E-state index >= 15 is 0 Å². The van der Waals surface area contributed by atoms with Crippen LogP contribution in [-0.4, -0.2) is 54.3 Å². The van der Waals surface area contributed by atoms with Crippen LogP contribution in [0.1, 0.15) is 59.5 Å². The number of aromatic amines is 1. The molecule has 174 valence electrons. The van der Waals surface area contributed by atoms with Crippen LogP contribution in [0.5, 0.6) is 0 Å². The number of piperazine rings is 1. The summed E-state index contributed by atoms with van der Waals surface area (Å²) in [7, 11) is 0. The number of rotatable bonds is 5. The van der Waals surface area contributed by atoms with Crippen molar-refractivity contribution in [1.29, 1.82) is 0 Å². The Balaban J connectivity index is 1.28. The largest absolute Gasteiger partial charge is 0.369 e. The number of ketones is 1. The maximum atomic E-state index is 12.9. The van der Waals surface area contributed by atoms with Crippen LogP contribution in [0.3, 0.4) is 0 Å². The SMILES string of the molecule is CC1(C)CC(=O)c2cc(C(=O)Nc3cccc(N4CCN(CC5CC5)CC4)c3)c(=O)[nH]c2C1. The van der Waals surface area contributed by atoms with Gasteiger partial charge in [0.15, 0.2) is 5.78 Å². The lowest BCUT2D eigenvalue weighted by Crippen LogP contribution is -2.47. The molecule has 0 radical (unpaired) electrons. The minimum Gasteiger partial charge on any atom is -0.369 e. The Hall–Kier alpha value is -2.93. The standard InChI is InChI=1S/C26H32N4O3/c1-26(2)14-22-20(23(31)15-26)13-21(25(33)28-22)24(32)27-18-4-3-5-19(12-18)30-10-8-29(9-11-30)16-17-6-7-17/h3-5,12-13,17H,6-11,14-16H2,1-2H3,(H,27,32)(H,28,33).